The van der Waals surface area contributed by atoms with E-state index in [4.69, 9.17) is 14.2 Å². The van der Waals surface area contributed by atoms with Crippen LogP contribution in [-0.4, -0.2) is 30.6 Å². The first kappa shape index (κ1) is 24.4. The summed E-state index contributed by atoms with van der Waals surface area (Å²) in [6.07, 6.45) is 1.97. The van der Waals surface area contributed by atoms with Crippen LogP contribution in [0.2, 0.25) is 0 Å². The number of nitrogens with one attached hydrogen (secondary N) is 1. The minimum absolute atomic E-state index is 0.0909. The molecule has 6 heteroatoms. The second-order valence-corrected chi connectivity index (χ2v) is 8.36. The van der Waals surface area contributed by atoms with Gasteiger partial charge in [-0.25, -0.2) is 4.79 Å². The number of ether oxygens (including phenoxy) is 3. The molecule has 0 spiro atoms. The minimum atomic E-state index is -0.604. The largest absolute Gasteiger partial charge is 0.445 e. The minimum Gasteiger partial charge on any atom is -0.445 e. The average molecular weight is 472 g/mol. The van der Waals surface area contributed by atoms with Gasteiger partial charge in [0.2, 0.25) is 0 Å². The molecule has 0 unspecified atom stereocenters. The van der Waals surface area contributed by atoms with Crippen LogP contribution < -0.4 is 5.32 Å². The molecule has 3 aromatic carbocycles. The highest BCUT2D eigenvalue weighted by Gasteiger charge is 2.38. The maximum atomic E-state index is 12.8. The fraction of sp³-hybridized carbons (Fsp3) is 0.241. The van der Waals surface area contributed by atoms with Crippen molar-refractivity contribution in [3.63, 3.8) is 0 Å². The van der Waals surface area contributed by atoms with Crippen LogP contribution in [0.1, 0.15) is 16.7 Å². The standard InChI is InChI=1S/C29H29NO5/c31-27-17-16-26(30-29(32)35-20-24-14-8-3-9-15-24)28(34-19-23-12-6-2-7-13-23)25(27)21-33-18-22-10-4-1-5-11-22/h1-17,25-26,28H,18-21H2,(H,30,32)/t25-,26+,28+/m1/s1. The van der Waals surface area contributed by atoms with Gasteiger partial charge in [0.25, 0.3) is 0 Å². The Morgan fingerprint density at radius 3 is 1.89 bits per heavy atom. The topological polar surface area (TPSA) is 73.9 Å². The molecule has 0 radical (unpaired) electrons. The Balaban J connectivity index is 1.41. The monoisotopic (exact) mass is 471 g/mol. The molecular formula is C29H29NO5. The number of alkyl carbamates (subject to hydrolysis) is 1. The van der Waals surface area contributed by atoms with Gasteiger partial charge in [-0.05, 0) is 22.8 Å². The number of allylic oxidation sites excluding steroid dienone is 1. The van der Waals surface area contributed by atoms with E-state index >= 15 is 0 Å². The van der Waals surface area contributed by atoms with Crippen molar-refractivity contribution in [2.75, 3.05) is 6.61 Å². The van der Waals surface area contributed by atoms with Gasteiger partial charge in [-0.15, -0.1) is 0 Å². The normalized spacial score (nSPS) is 19.3. The Morgan fingerprint density at radius 1 is 0.743 bits per heavy atom. The van der Waals surface area contributed by atoms with Gasteiger partial charge in [0.1, 0.15) is 6.61 Å². The fourth-order valence-corrected chi connectivity index (χ4v) is 3.92. The zero-order chi connectivity index (χ0) is 24.3. The predicted octanol–water partition coefficient (Wildman–Crippen LogP) is 4.84. The summed E-state index contributed by atoms with van der Waals surface area (Å²) in [6, 6.07) is 28.4. The highest BCUT2D eigenvalue weighted by Crippen LogP contribution is 2.23. The number of hydrogen-bond acceptors (Lipinski definition) is 5. The van der Waals surface area contributed by atoms with E-state index < -0.39 is 24.2 Å². The Hall–Kier alpha value is -3.74. The van der Waals surface area contributed by atoms with E-state index in [1.54, 1.807) is 6.08 Å². The van der Waals surface area contributed by atoms with Crippen molar-refractivity contribution in [2.24, 2.45) is 5.92 Å². The van der Waals surface area contributed by atoms with Crippen LogP contribution >= 0.6 is 0 Å². The molecule has 0 saturated heterocycles. The van der Waals surface area contributed by atoms with Gasteiger partial charge in [0.05, 0.1) is 37.9 Å². The van der Waals surface area contributed by atoms with Crippen molar-refractivity contribution in [1.29, 1.82) is 0 Å². The molecule has 4 rings (SSSR count). The van der Waals surface area contributed by atoms with E-state index in [-0.39, 0.29) is 19.0 Å². The first-order valence-corrected chi connectivity index (χ1v) is 11.7. The molecule has 3 atom stereocenters. The van der Waals surface area contributed by atoms with Crippen LogP contribution in [0.25, 0.3) is 0 Å². The molecule has 0 saturated carbocycles. The Bertz CT molecular complexity index is 1100. The molecule has 0 heterocycles. The molecule has 1 N–H and O–H groups in total. The van der Waals surface area contributed by atoms with Crippen molar-refractivity contribution in [1.82, 2.24) is 5.32 Å². The lowest BCUT2D eigenvalue weighted by atomic mass is 9.87. The Morgan fingerprint density at radius 2 is 1.29 bits per heavy atom. The van der Waals surface area contributed by atoms with Crippen molar-refractivity contribution in [2.45, 2.75) is 32.0 Å². The van der Waals surface area contributed by atoms with Crippen molar-refractivity contribution >= 4 is 11.9 Å². The van der Waals surface area contributed by atoms with Crippen LogP contribution in [0.3, 0.4) is 0 Å². The number of amides is 1. The lowest BCUT2D eigenvalue weighted by Gasteiger charge is -2.34. The van der Waals surface area contributed by atoms with E-state index in [9.17, 15) is 9.59 Å². The van der Waals surface area contributed by atoms with Crippen LogP contribution in [0.5, 0.6) is 0 Å². The maximum absolute atomic E-state index is 12.8. The number of benzene rings is 3. The van der Waals surface area contributed by atoms with Gasteiger partial charge < -0.3 is 19.5 Å². The number of carbonyl (C=O) groups excluding carboxylic acids is 2. The number of rotatable bonds is 10. The third kappa shape index (κ3) is 7.37. The van der Waals surface area contributed by atoms with E-state index in [1.807, 2.05) is 91.0 Å². The van der Waals surface area contributed by atoms with Crippen LogP contribution in [0, 0.1) is 5.92 Å². The van der Waals surface area contributed by atoms with E-state index in [1.165, 1.54) is 6.08 Å². The van der Waals surface area contributed by atoms with Crippen molar-refractivity contribution < 1.29 is 23.8 Å². The molecular weight excluding hydrogens is 442 g/mol. The van der Waals surface area contributed by atoms with Gasteiger partial charge in [0, 0.05) is 0 Å². The van der Waals surface area contributed by atoms with Gasteiger partial charge in [-0.2, -0.15) is 0 Å². The van der Waals surface area contributed by atoms with Crippen LogP contribution in [0.15, 0.2) is 103 Å². The summed E-state index contributed by atoms with van der Waals surface area (Å²) in [5.74, 6) is -0.654. The highest BCUT2D eigenvalue weighted by atomic mass is 16.5. The lowest BCUT2D eigenvalue weighted by molar-refractivity contribution is -0.130. The molecule has 6 nitrogen and oxygen atoms in total. The smallest absolute Gasteiger partial charge is 0.408 e. The molecule has 35 heavy (non-hydrogen) atoms. The Labute approximate surface area is 205 Å². The molecule has 1 amide bonds. The van der Waals surface area contributed by atoms with Gasteiger partial charge in [-0.1, -0.05) is 97.1 Å². The first-order chi connectivity index (χ1) is 17.2. The lowest BCUT2D eigenvalue weighted by Crippen LogP contribution is -2.52. The van der Waals surface area contributed by atoms with Crippen molar-refractivity contribution in [3.8, 4) is 0 Å². The molecule has 1 aliphatic carbocycles. The molecule has 3 aromatic rings. The summed E-state index contributed by atoms with van der Waals surface area (Å²) in [5.41, 5.74) is 2.89. The fourth-order valence-electron chi connectivity index (χ4n) is 3.92. The maximum Gasteiger partial charge on any atom is 0.408 e. The van der Waals surface area contributed by atoms with Gasteiger partial charge in [-0.3, -0.25) is 4.79 Å². The van der Waals surface area contributed by atoms with Crippen LogP contribution in [0.4, 0.5) is 4.79 Å². The summed E-state index contributed by atoms with van der Waals surface area (Å²) >= 11 is 0. The number of carbonyl (C=O) groups is 2. The molecule has 0 fully saturated rings. The number of hydrogen-bond donors (Lipinski definition) is 1. The summed E-state index contributed by atoms with van der Waals surface area (Å²) < 4.78 is 17.5. The van der Waals surface area contributed by atoms with Crippen molar-refractivity contribution in [3.05, 3.63) is 120 Å². The predicted molar refractivity (Wildman–Crippen MR) is 132 cm³/mol. The molecule has 180 valence electrons. The molecule has 0 bridgehead atoms. The van der Waals surface area contributed by atoms with E-state index in [0.29, 0.717) is 13.2 Å². The first-order valence-electron chi connectivity index (χ1n) is 11.7. The van der Waals surface area contributed by atoms with E-state index in [2.05, 4.69) is 5.32 Å². The average Bonchev–Trinajstić information content (AvgIpc) is 2.90. The summed E-state index contributed by atoms with van der Waals surface area (Å²) in [4.78, 5) is 25.4. The Kier molecular flexibility index (Phi) is 8.81. The SMILES string of the molecule is O=C(N[C@H]1C=CC(=O)[C@@H](COCc2ccccc2)[C@@H]1OCc1ccccc1)OCc1ccccc1. The zero-order valence-corrected chi connectivity index (χ0v) is 19.4. The molecule has 1 aliphatic rings. The number of ketones is 1. The summed E-state index contributed by atoms with van der Waals surface area (Å²) in [7, 11) is 0. The summed E-state index contributed by atoms with van der Waals surface area (Å²) in [6.45, 7) is 1.02. The second-order valence-electron chi connectivity index (χ2n) is 8.36. The van der Waals surface area contributed by atoms with Gasteiger partial charge in [0.15, 0.2) is 5.78 Å². The van der Waals surface area contributed by atoms with E-state index in [0.717, 1.165) is 16.7 Å². The molecule has 0 aliphatic heterocycles. The third-order valence-corrected chi connectivity index (χ3v) is 5.78. The zero-order valence-electron chi connectivity index (χ0n) is 19.4. The molecule has 0 aromatic heterocycles. The quantitative estimate of drug-likeness (QED) is 0.458. The second kappa shape index (κ2) is 12.6. The van der Waals surface area contributed by atoms with Gasteiger partial charge >= 0.3 is 6.09 Å². The summed E-state index contributed by atoms with van der Waals surface area (Å²) in [5, 5.41) is 2.85. The highest BCUT2D eigenvalue weighted by molar-refractivity contribution is 5.93. The van der Waals surface area contributed by atoms with Crippen LogP contribution in [-0.2, 0) is 38.8 Å². The third-order valence-electron chi connectivity index (χ3n) is 5.78.